The number of rotatable bonds is 6. The quantitative estimate of drug-likeness (QED) is 0.169. The Hall–Kier alpha value is -7.42. The molecule has 0 saturated heterocycles. The van der Waals surface area contributed by atoms with Crippen LogP contribution in [0.3, 0.4) is 0 Å². The minimum Gasteiger partial charge on any atom is -0.228 e. The normalized spacial score (nSPS) is 12.7. The zero-order chi connectivity index (χ0) is 39.5. The average Bonchev–Trinajstić information content (AvgIpc) is 3.54. The first kappa shape index (κ1) is 34.8. The van der Waals surface area contributed by atoms with E-state index in [4.69, 9.17) is 9.97 Å². The van der Waals surface area contributed by atoms with E-state index in [1.165, 1.54) is 71.8 Å². The van der Waals surface area contributed by atoms with Crippen molar-refractivity contribution in [3.05, 3.63) is 217 Å². The maximum Gasteiger partial charge on any atom is 0.160 e. The summed E-state index contributed by atoms with van der Waals surface area (Å²) in [6, 6.07) is 74.5. The lowest BCUT2D eigenvalue weighted by Gasteiger charge is -2.21. The fraction of sp³-hybridized carbons (Fsp3) is 0.0526. The van der Waals surface area contributed by atoms with E-state index >= 15 is 0 Å². The van der Waals surface area contributed by atoms with Gasteiger partial charge >= 0.3 is 0 Å². The summed E-state index contributed by atoms with van der Waals surface area (Å²) < 4.78 is 0. The lowest BCUT2D eigenvalue weighted by Crippen LogP contribution is -2.14. The first-order valence-electron chi connectivity index (χ1n) is 20.4. The number of nitrogens with zero attached hydrogens (tertiary/aromatic N) is 2. The summed E-state index contributed by atoms with van der Waals surface area (Å²) in [5.74, 6) is 0.708. The topological polar surface area (TPSA) is 25.8 Å². The Morgan fingerprint density at radius 2 is 0.814 bits per heavy atom. The molecule has 278 valence electrons. The van der Waals surface area contributed by atoms with E-state index in [-0.39, 0.29) is 5.41 Å². The first-order valence-corrected chi connectivity index (χ1v) is 20.4. The van der Waals surface area contributed by atoms with Crippen LogP contribution >= 0.6 is 0 Å². The fourth-order valence-electron chi connectivity index (χ4n) is 9.39. The zero-order valence-electron chi connectivity index (χ0n) is 33.0. The van der Waals surface area contributed by atoms with Gasteiger partial charge in [-0.1, -0.05) is 196 Å². The van der Waals surface area contributed by atoms with Gasteiger partial charge in [0.2, 0.25) is 0 Å². The van der Waals surface area contributed by atoms with Gasteiger partial charge in [0.1, 0.15) is 0 Å². The molecule has 0 aliphatic heterocycles. The van der Waals surface area contributed by atoms with Gasteiger partial charge in [-0.25, -0.2) is 9.97 Å². The van der Waals surface area contributed by atoms with Gasteiger partial charge < -0.3 is 0 Å². The van der Waals surface area contributed by atoms with Gasteiger partial charge in [0.05, 0.1) is 11.4 Å². The molecule has 59 heavy (non-hydrogen) atoms. The molecular formula is C57H40N2. The summed E-state index contributed by atoms with van der Waals surface area (Å²) in [6.45, 7) is 4.71. The van der Waals surface area contributed by atoms with E-state index in [0.29, 0.717) is 5.82 Å². The van der Waals surface area contributed by atoms with Crippen molar-refractivity contribution in [2.24, 2.45) is 0 Å². The van der Waals surface area contributed by atoms with E-state index in [2.05, 4.69) is 202 Å². The molecule has 1 heterocycles. The number of fused-ring (bicyclic) bond motifs is 5. The van der Waals surface area contributed by atoms with Gasteiger partial charge in [-0.2, -0.15) is 0 Å². The second-order valence-electron chi connectivity index (χ2n) is 16.1. The number of benzene rings is 9. The molecule has 2 nitrogen and oxygen atoms in total. The van der Waals surface area contributed by atoms with Gasteiger partial charge in [-0.3, -0.25) is 0 Å². The van der Waals surface area contributed by atoms with Crippen molar-refractivity contribution in [2.45, 2.75) is 19.3 Å². The molecule has 9 aromatic carbocycles. The number of hydrogen-bond acceptors (Lipinski definition) is 2. The minimum absolute atomic E-state index is 0.0807. The first-order chi connectivity index (χ1) is 29.0. The molecule has 2 heteroatoms. The highest BCUT2D eigenvalue weighted by atomic mass is 14.9. The van der Waals surface area contributed by atoms with Crippen molar-refractivity contribution in [3.8, 4) is 78.4 Å². The van der Waals surface area contributed by atoms with Crippen molar-refractivity contribution in [1.82, 2.24) is 9.97 Å². The molecule has 0 unspecified atom stereocenters. The summed E-state index contributed by atoms with van der Waals surface area (Å²) in [7, 11) is 0. The third-order valence-corrected chi connectivity index (χ3v) is 12.3. The van der Waals surface area contributed by atoms with E-state index in [1.807, 2.05) is 18.2 Å². The Morgan fingerprint density at radius 3 is 1.58 bits per heavy atom. The van der Waals surface area contributed by atoms with Gasteiger partial charge in [0, 0.05) is 22.1 Å². The van der Waals surface area contributed by atoms with Crippen LogP contribution in [0.4, 0.5) is 0 Å². The average molecular weight is 753 g/mol. The summed E-state index contributed by atoms with van der Waals surface area (Å²) >= 11 is 0. The van der Waals surface area contributed by atoms with Gasteiger partial charge in [0.15, 0.2) is 5.82 Å². The second-order valence-corrected chi connectivity index (χ2v) is 16.1. The third-order valence-electron chi connectivity index (χ3n) is 12.3. The molecule has 0 radical (unpaired) electrons. The van der Waals surface area contributed by atoms with Gasteiger partial charge in [0.25, 0.3) is 0 Å². The maximum absolute atomic E-state index is 5.29. The largest absolute Gasteiger partial charge is 0.228 e. The van der Waals surface area contributed by atoms with Crippen molar-refractivity contribution >= 4 is 21.5 Å². The van der Waals surface area contributed by atoms with E-state index < -0.39 is 0 Å². The Bertz CT molecular complexity index is 3230. The van der Waals surface area contributed by atoms with Crippen molar-refractivity contribution in [1.29, 1.82) is 0 Å². The summed E-state index contributed by atoms with van der Waals surface area (Å²) in [6.07, 6.45) is 0. The van der Waals surface area contributed by atoms with Crippen LogP contribution in [0.25, 0.3) is 100.0 Å². The van der Waals surface area contributed by atoms with Crippen LogP contribution in [0.5, 0.6) is 0 Å². The summed E-state index contributed by atoms with van der Waals surface area (Å²) in [5.41, 5.74) is 17.5. The Balaban J connectivity index is 1.12. The predicted molar refractivity (Wildman–Crippen MR) is 247 cm³/mol. The zero-order valence-corrected chi connectivity index (χ0v) is 33.0. The summed E-state index contributed by atoms with van der Waals surface area (Å²) in [5, 5.41) is 4.68. The van der Waals surface area contributed by atoms with Gasteiger partial charge in [-0.05, 0) is 101 Å². The highest BCUT2D eigenvalue weighted by Gasteiger charge is 2.36. The molecule has 11 rings (SSSR count). The van der Waals surface area contributed by atoms with Crippen LogP contribution in [-0.2, 0) is 5.41 Å². The highest BCUT2D eigenvalue weighted by molar-refractivity contribution is 6.06. The molecule has 0 bridgehead atoms. The SMILES string of the molecule is CC1(C)c2ccccc2-c2c(-c3cc(-c4ccccc4)cc(-c4ccc(-c5cc(-c6cccc7ccccc67)nc(-c6ccccc6)n5)c5ccccc45)c3)cccc21. The molecule has 0 spiro atoms. The van der Waals surface area contributed by atoms with Crippen LogP contribution in [0.2, 0.25) is 0 Å². The number of aromatic nitrogens is 2. The van der Waals surface area contributed by atoms with Crippen molar-refractivity contribution in [3.63, 3.8) is 0 Å². The predicted octanol–water partition coefficient (Wildman–Crippen LogP) is 15.1. The van der Waals surface area contributed by atoms with E-state index in [9.17, 15) is 0 Å². The second kappa shape index (κ2) is 13.9. The molecular weight excluding hydrogens is 713 g/mol. The smallest absolute Gasteiger partial charge is 0.160 e. The standard InChI is InChI=1S/C57H40N2/c1-57(2)51-29-14-13-26-50(51)55-45(27-16-30-52(55)57)42-34-40(37-17-5-3-6-18-37)33-41(35-42)44-31-32-49(47-25-12-11-24-46(44)47)54-36-53(58-56(59-54)39-20-7-4-8-21-39)48-28-15-22-38-19-9-10-23-43(38)48/h3-36H,1-2H3. The number of hydrogen-bond donors (Lipinski definition) is 0. The Kier molecular flexibility index (Phi) is 8.20. The van der Waals surface area contributed by atoms with Crippen LogP contribution in [0, 0.1) is 0 Å². The maximum atomic E-state index is 5.29. The summed E-state index contributed by atoms with van der Waals surface area (Å²) in [4.78, 5) is 10.5. The Labute approximate surface area is 345 Å². The molecule has 1 aliphatic rings. The van der Waals surface area contributed by atoms with Crippen LogP contribution in [-0.4, -0.2) is 9.97 Å². The van der Waals surface area contributed by atoms with Crippen LogP contribution in [0.1, 0.15) is 25.0 Å². The van der Waals surface area contributed by atoms with E-state index in [1.54, 1.807) is 0 Å². The van der Waals surface area contributed by atoms with Crippen molar-refractivity contribution in [2.75, 3.05) is 0 Å². The van der Waals surface area contributed by atoms with Gasteiger partial charge in [-0.15, -0.1) is 0 Å². The van der Waals surface area contributed by atoms with Crippen LogP contribution in [0.15, 0.2) is 206 Å². The lowest BCUT2D eigenvalue weighted by atomic mass is 9.81. The van der Waals surface area contributed by atoms with E-state index in [0.717, 1.165) is 33.5 Å². The highest BCUT2D eigenvalue weighted by Crippen LogP contribution is 2.52. The molecule has 0 atom stereocenters. The molecule has 0 saturated carbocycles. The molecule has 1 aromatic heterocycles. The molecule has 1 aliphatic carbocycles. The molecule has 10 aromatic rings. The Morgan fingerprint density at radius 1 is 0.322 bits per heavy atom. The fourth-order valence-corrected chi connectivity index (χ4v) is 9.39. The minimum atomic E-state index is -0.0807. The van der Waals surface area contributed by atoms with Crippen LogP contribution < -0.4 is 0 Å². The molecule has 0 amide bonds. The third kappa shape index (κ3) is 5.87. The van der Waals surface area contributed by atoms with Crippen molar-refractivity contribution < 1.29 is 0 Å². The molecule has 0 fully saturated rings. The molecule has 0 N–H and O–H groups in total. The lowest BCUT2D eigenvalue weighted by molar-refractivity contribution is 0.660. The monoisotopic (exact) mass is 752 g/mol.